The number of amides is 2. The molecule has 2 aromatic rings. The fraction of sp³-hybridized carbons (Fsp3) is 0.333. The second kappa shape index (κ2) is 8.21. The van der Waals surface area contributed by atoms with Gasteiger partial charge in [-0.15, -0.1) is 0 Å². The van der Waals surface area contributed by atoms with Crippen LogP contribution in [0, 0.1) is 0 Å². The van der Waals surface area contributed by atoms with Crippen LogP contribution in [-0.4, -0.2) is 61.2 Å². The van der Waals surface area contributed by atoms with Gasteiger partial charge in [-0.1, -0.05) is 18.2 Å². The number of nitrogens with zero attached hydrogens (tertiary/aromatic N) is 2. The minimum atomic E-state index is -0.0576. The van der Waals surface area contributed by atoms with Crippen molar-refractivity contribution in [1.29, 1.82) is 0 Å². The minimum Gasteiger partial charge on any atom is -0.493 e. The van der Waals surface area contributed by atoms with Gasteiger partial charge in [0.2, 0.25) is 12.7 Å². The second-order valence-corrected chi connectivity index (χ2v) is 6.65. The Bertz CT molecular complexity index is 847. The molecule has 7 nitrogen and oxygen atoms in total. The Kier molecular flexibility index (Phi) is 5.32. The predicted molar refractivity (Wildman–Crippen MR) is 102 cm³/mol. The molecule has 0 N–H and O–H groups in total. The molecule has 146 valence electrons. The highest BCUT2D eigenvalue weighted by Crippen LogP contribution is 2.32. The third-order valence-corrected chi connectivity index (χ3v) is 4.87. The molecular weight excluding hydrogens is 360 g/mol. The van der Waals surface area contributed by atoms with Gasteiger partial charge in [-0.25, -0.2) is 0 Å². The van der Waals surface area contributed by atoms with E-state index < -0.39 is 0 Å². The number of ether oxygens (including phenoxy) is 3. The highest BCUT2D eigenvalue weighted by Gasteiger charge is 2.26. The van der Waals surface area contributed by atoms with Crippen LogP contribution in [0.2, 0.25) is 0 Å². The van der Waals surface area contributed by atoms with Crippen molar-refractivity contribution in [3.8, 4) is 17.2 Å². The molecule has 28 heavy (non-hydrogen) atoms. The van der Waals surface area contributed by atoms with Crippen molar-refractivity contribution in [2.24, 2.45) is 0 Å². The minimum absolute atomic E-state index is 0.0473. The van der Waals surface area contributed by atoms with Crippen LogP contribution in [0.3, 0.4) is 0 Å². The molecule has 0 unspecified atom stereocenters. The average molecular weight is 382 g/mol. The zero-order valence-corrected chi connectivity index (χ0v) is 15.5. The van der Waals surface area contributed by atoms with Crippen molar-refractivity contribution >= 4 is 11.8 Å². The first-order valence-corrected chi connectivity index (χ1v) is 9.35. The number of para-hydroxylation sites is 1. The Morgan fingerprint density at radius 3 is 2.39 bits per heavy atom. The fourth-order valence-electron chi connectivity index (χ4n) is 3.30. The second-order valence-electron chi connectivity index (χ2n) is 6.65. The van der Waals surface area contributed by atoms with Crippen LogP contribution in [0.4, 0.5) is 0 Å². The lowest BCUT2D eigenvalue weighted by atomic mass is 10.1. The number of fused-ring (bicyclic) bond motifs is 1. The fourth-order valence-corrected chi connectivity index (χ4v) is 3.30. The Morgan fingerprint density at radius 1 is 0.893 bits per heavy atom. The van der Waals surface area contributed by atoms with E-state index in [0.717, 1.165) is 5.75 Å². The van der Waals surface area contributed by atoms with Gasteiger partial charge in [0.05, 0.1) is 13.0 Å². The van der Waals surface area contributed by atoms with Crippen molar-refractivity contribution in [3.05, 3.63) is 54.1 Å². The topological polar surface area (TPSA) is 68.3 Å². The molecule has 0 aliphatic carbocycles. The summed E-state index contributed by atoms with van der Waals surface area (Å²) in [6.45, 7) is 2.61. The van der Waals surface area contributed by atoms with Gasteiger partial charge in [-0.3, -0.25) is 9.59 Å². The molecule has 4 rings (SSSR count). The lowest BCUT2D eigenvalue weighted by molar-refractivity contribution is -0.133. The molecule has 0 atom stereocenters. The summed E-state index contributed by atoms with van der Waals surface area (Å²) >= 11 is 0. The molecule has 2 amide bonds. The van der Waals surface area contributed by atoms with Crippen LogP contribution in [0.5, 0.6) is 17.2 Å². The number of carbonyl (C=O) groups excluding carboxylic acids is 2. The zero-order chi connectivity index (χ0) is 19.3. The monoisotopic (exact) mass is 382 g/mol. The summed E-state index contributed by atoms with van der Waals surface area (Å²) in [4.78, 5) is 28.6. The Hall–Kier alpha value is -3.22. The molecule has 7 heteroatoms. The maximum atomic E-state index is 12.7. The summed E-state index contributed by atoms with van der Waals surface area (Å²) in [6, 6.07) is 14.7. The smallest absolute Gasteiger partial charge is 0.254 e. The van der Waals surface area contributed by atoms with Gasteiger partial charge >= 0.3 is 0 Å². The molecule has 2 aliphatic heterocycles. The number of rotatable bonds is 5. The zero-order valence-electron chi connectivity index (χ0n) is 15.5. The van der Waals surface area contributed by atoms with E-state index in [2.05, 4.69) is 0 Å². The molecule has 0 bridgehead atoms. The van der Waals surface area contributed by atoms with E-state index in [1.165, 1.54) is 0 Å². The maximum Gasteiger partial charge on any atom is 0.254 e. The van der Waals surface area contributed by atoms with Gasteiger partial charge in [0.25, 0.3) is 5.91 Å². The van der Waals surface area contributed by atoms with E-state index in [1.54, 1.807) is 28.0 Å². The van der Waals surface area contributed by atoms with Crippen molar-refractivity contribution in [2.75, 3.05) is 39.6 Å². The summed E-state index contributed by atoms with van der Waals surface area (Å²) in [7, 11) is 0. The standard InChI is InChI=1S/C21H22N2O5/c24-20(8-13-26-17-4-2-1-3-5-17)22-9-11-23(12-10-22)21(25)16-6-7-18-19(14-16)28-15-27-18/h1-7,14H,8-13,15H2. The van der Waals surface area contributed by atoms with E-state index >= 15 is 0 Å². The third kappa shape index (κ3) is 4.03. The summed E-state index contributed by atoms with van der Waals surface area (Å²) in [5.74, 6) is 2.00. The number of piperazine rings is 1. The summed E-state index contributed by atoms with van der Waals surface area (Å²) < 4.78 is 16.2. The Balaban J connectivity index is 1.24. The Morgan fingerprint density at radius 2 is 1.61 bits per heavy atom. The lowest BCUT2D eigenvalue weighted by Gasteiger charge is -2.35. The van der Waals surface area contributed by atoms with E-state index in [0.29, 0.717) is 56.3 Å². The maximum absolute atomic E-state index is 12.7. The van der Waals surface area contributed by atoms with Crippen LogP contribution < -0.4 is 14.2 Å². The molecule has 0 aromatic heterocycles. The quantitative estimate of drug-likeness (QED) is 0.793. The van der Waals surface area contributed by atoms with Gasteiger partial charge in [-0.05, 0) is 30.3 Å². The van der Waals surface area contributed by atoms with Crippen LogP contribution in [-0.2, 0) is 4.79 Å². The van der Waals surface area contributed by atoms with Crippen molar-refractivity contribution in [2.45, 2.75) is 6.42 Å². The number of hydrogen-bond acceptors (Lipinski definition) is 5. The molecule has 0 saturated carbocycles. The first-order chi connectivity index (χ1) is 13.7. The molecule has 2 aromatic carbocycles. The van der Waals surface area contributed by atoms with Gasteiger partial charge in [0, 0.05) is 31.7 Å². The van der Waals surface area contributed by atoms with E-state index in [-0.39, 0.29) is 18.6 Å². The molecule has 1 fully saturated rings. The molecule has 1 saturated heterocycles. The van der Waals surface area contributed by atoms with Gasteiger partial charge in [-0.2, -0.15) is 0 Å². The van der Waals surface area contributed by atoms with Crippen molar-refractivity contribution in [1.82, 2.24) is 9.80 Å². The highest BCUT2D eigenvalue weighted by molar-refractivity contribution is 5.95. The Labute approximate surface area is 163 Å². The molecule has 0 radical (unpaired) electrons. The van der Waals surface area contributed by atoms with Crippen LogP contribution >= 0.6 is 0 Å². The van der Waals surface area contributed by atoms with E-state index in [4.69, 9.17) is 14.2 Å². The largest absolute Gasteiger partial charge is 0.493 e. The highest BCUT2D eigenvalue weighted by atomic mass is 16.7. The van der Waals surface area contributed by atoms with Crippen molar-refractivity contribution < 1.29 is 23.8 Å². The first-order valence-electron chi connectivity index (χ1n) is 9.35. The number of carbonyl (C=O) groups is 2. The summed E-state index contributed by atoms with van der Waals surface area (Å²) in [6.07, 6.45) is 0.324. The van der Waals surface area contributed by atoms with Crippen LogP contribution in [0.1, 0.15) is 16.8 Å². The molecule has 0 spiro atoms. The number of benzene rings is 2. The molecular formula is C21H22N2O5. The number of hydrogen-bond donors (Lipinski definition) is 0. The van der Waals surface area contributed by atoms with Crippen LogP contribution in [0.25, 0.3) is 0 Å². The average Bonchev–Trinajstić information content (AvgIpc) is 3.22. The summed E-state index contributed by atoms with van der Waals surface area (Å²) in [5, 5.41) is 0. The molecule has 2 aliphatic rings. The predicted octanol–water partition coefficient (Wildman–Crippen LogP) is 2.17. The van der Waals surface area contributed by atoms with Crippen molar-refractivity contribution in [3.63, 3.8) is 0 Å². The SMILES string of the molecule is O=C(CCOc1ccccc1)N1CCN(C(=O)c2ccc3c(c2)OCO3)CC1. The van der Waals surface area contributed by atoms with Gasteiger partial charge in [0.1, 0.15) is 5.75 Å². The summed E-state index contributed by atoms with van der Waals surface area (Å²) in [5.41, 5.74) is 0.570. The molecule has 2 heterocycles. The van der Waals surface area contributed by atoms with Crippen LogP contribution in [0.15, 0.2) is 48.5 Å². The lowest BCUT2D eigenvalue weighted by Crippen LogP contribution is -2.50. The first kappa shape index (κ1) is 18.2. The van der Waals surface area contributed by atoms with Gasteiger partial charge in [0.15, 0.2) is 11.5 Å². The van der Waals surface area contributed by atoms with E-state index in [1.807, 2.05) is 30.3 Å². The van der Waals surface area contributed by atoms with Gasteiger partial charge < -0.3 is 24.0 Å². The normalized spacial score (nSPS) is 15.4. The third-order valence-electron chi connectivity index (χ3n) is 4.87. The van der Waals surface area contributed by atoms with E-state index in [9.17, 15) is 9.59 Å².